The fourth-order valence-electron chi connectivity index (χ4n) is 2.57. The maximum Gasteiger partial charge on any atom is 0.0707 e. The number of para-hydroxylation sites is 1. The van der Waals surface area contributed by atoms with E-state index in [1.54, 1.807) is 0 Å². The Labute approximate surface area is 102 Å². The topological polar surface area (TPSA) is 24.9 Å². The molecule has 0 unspecified atom stereocenters. The van der Waals surface area contributed by atoms with Gasteiger partial charge in [0, 0.05) is 16.6 Å². The summed E-state index contributed by atoms with van der Waals surface area (Å²) in [5.41, 5.74) is 4.02. The van der Waals surface area contributed by atoms with Gasteiger partial charge in [-0.3, -0.25) is 4.98 Å². The van der Waals surface area contributed by atoms with Crippen molar-refractivity contribution >= 4 is 10.9 Å². The average Bonchev–Trinajstić information content (AvgIpc) is 3.09. The number of fused-ring (bicyclic) bond motifs is 1. The summed E-state index contributed by atoms with van der Waals surface area (Å²) in [6.45, 7) is 2.08. The van der Waals surface area contributed by atoms with Gasteiger partial charge in [-0.2, -0.15) is 0 Å². The largest absolute Gasteiger partial charge is 0.314 e. The monoisotopic (exact) mass is 226 g/mol. The summed E-state index contributed by atoms with van der Waals surface area (Å²) >= 11 is 0. The van der Waals surface area contributed by atoms with E-state index in [0.29, 0.717) is 5.54 Å². The molecule has 1 saturated carbocycles. The fourth-order valence-corrected chi connectivity index (χ4v) is 2.57. The van der Waals surface area contributed by atoms with E-state index in [9.17, 15) is 0 Å². The summed E-state index contributed by atoms with van der Waals surface area (Å²) in [5.74, 6) is 0. The van der Waals surface area contributed by atoms with Crippen molar-refractivity contribution in [1.82, 2.24) is 10.3 Å². The van der Waals surface area contributed by atoms with Crippen LogP contribution in [0.3, 0.4) is 0 Å². The first-order valence-electron chi connectivity index (χ1n) is 6.27. The number of hydrogen-bond donors (Lipinski definition) is 1. The van der Waals surface area contributed by atoms with Gasteiger partial charge in [-0.05, 0) is 50.9 Å². The van der Waals surface area contributed by atoms with Crippen LogP contribution in [-0.4, -0.2) is 17.6 Å². The molecule has 0 bridgehead atoms. The predicted molar refractivity (Wildman–Crippen MR) is 71.2 cm³/mol. The van der Waals surface area contributed by atoms with Crippen LogP contribution in [0, 0.1) is 6.92 Å². The summed E-state index contributed by atoms with van der Waals surface area (Å²) in [5, 5.41) is 4.77. The van der Waals surface area contributed by atoms with Crippen LogP contribution in [0.25, 0.3) is 10.9 Å². The zero-order valence-corrected chi connectivity index (χ0v) is 10.5. The van der Waals surface area contributed by atoms with Crippen LogP contribution in [0.5, 0.6) is 0 Å². The van der Waals surface area contributed by atoms with Gasteiger partial charge < -0.3 is 5.32 Å². The zero-order chi connectivity index (χ0) is 11.9. The van der Waals surface area contributed by atoms with Gasteiger partial charge in [-0.25, -0.2) is 0 Å². The van der Waals surface area contributed by atoms with Crippen molar-refractivity contribution < 1.29 is 0 Å². The minimum atomic E-state index is 0.358. The molecule has 1 fully saturated rings. The molecule has 2 nitrogen and oxygen atoms in total. The Morgan fingerprint density at radius 2 is 2.06 bits per heavy atom. The average molecular weight is 226 g/mol. The quantitative estimate of drug-likeness (QED) is 0.870. The molecule has 1 aromatic heterocycles. The second-order valence-electron chi connectivity index (χ2n) is 5.15. The van der Waals surface area contributed by atoms with Crippen molar-refractivity contribution in [1.29, 1.82) is 0 Å². The SMILES string of the molecule is CNC1(Cc2cc(C)nc3ccccc23)CC1. The molecule has 1 heterocycles. The lowest BCUT2D eigenvalue weighted by Gasteiger charge is -2.16. The molecule has 0 spiro atoms. The number of nitrogens with zero attached hydrogens (tertiary/aromatic N) is 1. The van der Waals surface area contributed by atoms with Crippen LogP contribution in [0.15, 0.2) is 30.3 Å². The summed E-state index contributed by atoms with van der Waals surface area (Å²) in [6.07, 6.45) is 3.70. The van der Waals surface area contributed by atoms with Gasteiger partial charge in [0.2, 0.25) is 0 Å². The molecule has 1 N–H and O–H groups in total. The summed E-state index contributed by atoms with van der Waals surface area (Å²) in [7, 11) is 2.07. The lowest BCUT2D eigenvalue weighted by molar-refractivity contribution is 0.550. The smallest absolute Gasteiger partial charge is 0.0707 e. The number of rotatable bonds is 3. The highest BCUT2D eigenvalue weighted by Crippen LogP contribution is 2.39. The number of aromatic nitrogens is 1. The lowest BCUT2D eigenvalue weighted by Crippen LogP contribution is -2.29. The molecule has 1 aliphatic rings. The molecule has 1 aliphatic carbocycles. The molecule has 2 heteroatoms. The molecular weight excluding hydrogens is 208 g/mol. The van der Waals surface area contributed by atoms with E-state index >= 15 is 0 Å². The van der Waals surface area contributed by atoms with E-state index in [4.69, 9.17) is 0 Å². The van der Waals surface area contributed by atoms with Gasteiger partial charge in [0.05, 0.1) is 5.52 Å². The standard InChI is InChI=1S/C15H18N2/c1-11-9-12(10-15(16-2)7-8-15)13-5-3-4-6-14(13)17-11/h3-6,9,16H,7-8,10H2,1-2H3. The van der Waals surface area contributed by atoms with E-state index in [1.165, 1.54) is 23.8 Å². The number of aryl methyl sites for hydroxylation is 1. The molecule has 1 aromatic carbocycles. The van der Waals surface area contributed by atoms with E-state index in [0.717, 1.165) is 17.6 Å². The lowest BCUT2D eigenvalue weighted by atomic mass is 9.99. The molecule has 0 radical (unpaired) electrons. The molecule has 0 aliphatic heterocycles. The zero-order valence-electron chi connectivity index (χ0n) is 10.5. The van der Waals surface area contributed by atoms with Crippen molar-refractivity contribution in [3.8, 4) is 0 Å². The number of hydrogen-bond acceptors (Lipinski definition) is 2. The Morgan fingerprint density at radius 1 is 1.29 bits per heavy atom. The van der Waals surface area contributed by atoms with Gasteiger partial charge in [0.25, 0.3) is 0 Å². The second kappa shape index (κ2) is 3.81. The van der Waals surface area contributed by atoms with Crippen molar-refractivity contribution in [2.75, 3.05) is 7.05 Å². The Morgan fingerprint density at radius 3 is 2.76 bits per heavy atom. The maximum absolute atomic E-state index is 4.59. The van der Waals surface area contributed by atoms with E-state index in [1.807, 2.05) is 0 Å². The van der Waals surface area contributed by atoms with Crippen LogP contribution in [0.4, 0.5) is 0 Å². The first kappa shape index (κ1) is 10.7. The predicted octanol–water partition coefficient (Wildman–Crippen LogP) is 2.84. The Hall–Kier alpha value is -1.41. The van der Waals surface area contributed by atoms with E-state index < -0.39 is 0 Å². The van der Waals surface area contributed by atoms with Gasteiger partial charge in [-0.1, -0.05) is 18.2 Å². The molecule has 0 amide bonds. The number of nitrogens with one attached hydrogen (secondary N) is 1. The fraction of sp³-hybridized carbons (Fsp3) is 0.400. The second-order valence-corrected chi connectivity index (χ2v) is 5.15. The van der Waals surface area contributed by atoms with Gasteiger partial charge in [-0.15, -0.1) is 0 Å². The Kier molecular flexibility index (Phi) is 2.40. The summed E-state index contributed by atoms with van der Waals surface area (Å²) in [6, 6.07) is 10.7. The van der Waals surface area contributed by atoms with E-state index in [-0.39, 0.29) is 0 Å². The van der Waals surface area contributed by atoms with Gasteiger partial charge in [0.1, 0.15) is 0 Å². The summed E-state index contributed by atoms with van der Waals surface area (Å²) in [4.78, 5) is 4.59. The first-order valence-corrected chi connectivity index (χ1v) is 6.27. The van der Waals surface area contributed by atoms with Crippen LogP contribution < -0.4 is 5.32 Å². The van der Waals surface area contributed by atoms with Crippen LogP contribution >= 0.6 is 0 Å². The van der Waals surface area contributed by atoms with Crippen molar-refractivity contribution in [2.45, 2.75) is 31.7 Å². The summed E-state index contributed by atoms with van der Waals surface area (Å²) < 4.78 is 0. The Bertz CT molecular complexity index is 556. The first-order chi connectivity index (χ1) is 8.22. The third kappa shape index (κ3) is 1.93. The molecule has 0 atom stereocenters. The van der Waals surface area contributed by atoms with Crippen molar-refractivity contribution in [3.05, 3.63) is 41.6 Å². The number of likely N-dealkylation sites (N-methyl/N-ethyl adjacent to an activating group) is 1. The number of benzene rings is 1. The highest BCUT2D eigenvalue weighted by molar-refractivity contribution is 5.82. The molecule has 2 aromatic rings. The third-order valence-electron chi connectivity index (χ3n) is 3.84. The maximum atomic E-state index is 4.59. The van der Waals surface area contributed by atoms with E-state index in [2.05, 4.69) is 54.6 Å². The van der Waals surface area contributed by atoms with Gasteiger partial charge in [0.15, 0.2) is 0 Å². The number of pyridine rings is 1. The highest BCUT2D eigenvalue weighted by atomic mass is 15.0. The highest BCUT2D eigenvalue weighted by Gasteiger charge is 2.41. The Balaban J connectivity index is 2.08. The molecular formula is C15H18N2. The van der Waals surface area contributed by atoms with Crippen molar-refractivity contribution in [2.24, 2.45) is 0 Å². The van der Waals surface area contributed by atoms with Crippen LogP contribution in [0.2, 0.25) is 0 Å². The molecule has 88 valence electrons. The minimum absolute atomic E-state index is 0.358. The normalized spacial score (nSPS) is 17.3. The molecule has 3 rings (SSSR count). The molecule has 0 saturated heterocycles. The van der Waals surface area contributed by atoms with Crippen molar-refractivity contribution in [3.63, 3.8) is 0 Å². The molecule has 17 heavy (non-hydrogen) atoms. The third-order valence-corrected chi connectivity index (χ3v) is 3.84. The minimum Gasteiger partial charge on any atom is -0.314 e. The van der Waals surface area contributed by atoms with Crippen LogP contribution in [0.1, 0.15) is 24.1 Å². The van der Waals surface area contributed by atoms with Crippen LogP contribution in [-0.2, 0) is 6.42 Å². The van der Waals surface area contributed by atoms with Gasteiger partial charge >= 0.3 is 0 Å².